The first-order valence-electron chi connectivity index (χ1n) is 10.9. The Labute approximate surface area is 220 Å². The summed E-state index contributed by atoms with van der Waals surface area (Å²) in [5.74, 6) is -0.199. The average Bonchev–Trinajstić information content (AvgIpc) is 3.21. The van der Waals surface area contributed by atoms with E-state index in [1.807, 2.05) is 59.9 Å². The van der Waals surface area contributed by atoms with Crippen LogP contribution in [0.2, 0.25) is 10.0 Å². The molecule has 0 saturated heterocycles. The molecule has 0 atom stereocenters. The molecule has 9 heteroatoms. The number of halogens is 2. The Morgan fingerprint density at radius 1 is 1.00 bits per heavy atom. The van der Waals surface area contributed by atoms with Crippen molar-refractivity contribution >= 4 is 74.9 Å². The van der Waals surface area contributed by atoms with Gasteiger partial charge in [0.2, 0.25) is 5.91 Å². The lowest BCUT2D eigenvalue weighted by atomic mass is 10.2. The number of carbonyl (C=O) groups is 1. The minimum Gasteiger partial charge on any atom is -0.311 e. The van der Waals surface area contributed by atoms with Crippen LogP contribution in [-0.4, -0.2) is 21.4 Å². The van der Waals surface area contributed by atoms with Crippen LogP contribution in [-0.2, 0) is 11.3 Å². The molecule has 0 saturated carbocycles. The molecule has 2 aromatic heterocycles. The van der Waals surface area contributed by atoms with E-state index in [0.29, 0.717) is 37.1 Å². The van der Waals surface area contributed by atoms with E-state index in [2.05, 4.69) is 0 Å². The second-order valence-corrected chi connectivity index (χ2v) is 10.3. The number of hydrogen-bond acceptors (Lipinski definition) is 4. The fourth-order valence-corrected chi connectivity index (χ4v) is 5.94. The summed E-state index contributed by atoms with van der Waals surface area (Å²) in [5, 5.41) is 1.32. The van der Waals surface area contributed by atoms with Crippen molar-refractivity contribution in [3.63, 3.8) is 0 Å². The standard InChI is InChI=1S/C26H19Cl2N3O2S2/c1-2-29(17-8-4-3-5-9-17)22(32)15-30-24-23(16-12-13-19(27)20(28)14-16)35-26(34)31(24)21-11-7-6-10-18(21)25(30)33/h3-14H,2,15H2,1H3. The summed E-state index contributed by atoms with van der Waals surface area (Å²) < 4.78 is 3.94. The molecule has 0 N–H and O–H groups in total. The molecule has 5 nitrogen and oxygen atoms in total. The zero-order valence-electron chi connectivity index (χ0n) is 18.6. The number of aromatic nitrogens is 2. The highest BCUT2D eigenvalue weighted by molar-refractivity contribution is 7.73. The van der Waals surface area contributed by atoms with Gasteiger partial charge in [-0.25, -0.2) is 0 Å². The molecule has 0 aliphatic carbocycles. The topological polar surface area (TPSA) is 46.7 Å². The summed E-state index contributed by atoms with van der Waals surface area (Å²) in [7, 11) is 0. The van der Waals surface area contributed by atoms with Crippen molar-refractivity contribution in [3.8, 4) is 10.4 Å². The molecule has 0 aliphatic heterocycles. The lowest BCUT2D eigenvalue weighted by Gasteiger charge is -2.22. The summed E-state index contributed by atoms with van der Waals surface area (Å²) in [6, 6.07) is 22.0. The fraction of sp³-hybridized carbons (Fsp3) is 0.115. The predicted octanol–water partition coefficient (Wildman–Crippen LogP) is 7.07. The quantitative estimate of drug-likeness (QED) is 0.224. The number of nitrogens with zero attached hydrogens (tertiary/aromatic N) is 3. The van der Waals surface area contributed by atoms with E-state index in [4.69, 9.17) is 35.4 Å². The Balaban J connectivity index is 1.78. The number of likely N-dealkylation sites (N-methyl/N-ethyl adjacent to an activating group) is 1. The molecule has 1 amide bonds. The summed E-state index contributed by atoms with van der Waals surface area (Å²) in [4.78, 5) is 29.7. The number of para-hydroxylation sites is 2. The van der Waals surface area contributed by atoms with Crippen molar-refractivity contribution in [2.24, 2.45) is 0 Å². The van der Waals surface area contributed by atoms with Crippen molar-refractivity contribution in [1.82, 2.24) is 8.97 Å². The Kier molecular flexibility index (Phi) is 6.51. The summed E-state index contributed by atoms with van der Waals surface area (Å²) in [6.07, 6.45) is 0. The van der Waals surface area contributed by atoms with Crippen LogP contribution in [0.25, 0.3) is 27.0 Å². The molecule has 0 aliphatic rings. The van der Waals surface area contributed by atoms with E-state index in [0.717, 1.165) is 16.1 Å². The first-order valence-corrected chi connectivity index (χ1v) is 12.9. The third-order valence-corrected chi connectivity index (χ3v) is 7.97. The van der Waals surface area contributed by atoms with Crippen LogP contribution in [0, 0.1) is 3.95 Å². The van der Waals surface area contributed by atoms with Crippen LogP contribution in [0.1, 0.15) is 6.92 Å². The van der Waals surface area contributed by atoms with Crippen molar-refractivity contribution in [2.45, 2.75) is 13.5 Å². The van der Waals surface area contributed by atoms with E-state index in [1.54, 1.807) is 29.2 Å². The molecule has 0 bridgehead atoms. The van der Waals surface area contributed by atoms with Gasteiger partial charge >= 0.3 is 0 Å². The molecule has 35 heavy (non-hydrogen) atoms. The number of anilines is 1. The minimum absolute atomic E-state index is 0.143. The molecular formula is C26H19Cl2N3O2S2. The first-order chi connectivity index (χ1) is 16.9. The highest BCUT2D eigenvalue weighted by Gasteiger charge is 2.22. The zero-order chi connectivity index (χ0) is 24.7. The van der Waals surface area contributed by atoms with Crippen LogP contribution >= 0.6 is 46.8 Å². The normalized spacial score (nSPS) is 11.3. The lowest BCUT2D eigenvalue weighted by Crippen LogP contribution is -2.37. The van der Waals surface area contributed by atoms with Gasteiger partial charge in [0.05, 0.1) is 25.8 Å². The number of carbonyl (C=O) groups excluding carboxylic acids is 1. The number of amides is 1. The Morgan fingerprint density at radius 3 is 2.43 bits per heavy atom. The van der Waals surface area contributed by atoms with Crippen molar-refractivity contribution in [3.05, 3.63) is 97.1 Å². The number of thiazole rings is 1. The maximum atomic E-state index is 13.7. The van der Waals surface area contributed by atoms with Crippen molar-refractivity contribution in [2.75, 3.05) is 11.4 Å². The summed E-state index contributed by atoms with van der Waals surface area (Å²) in [5.41, 5.74) is 2.53. The Hall–Kier alpha value is -2.97. The monoisotopic (exact) mass is 539 g/mol. The van der Waals surface area contributed by atoms with E-state index >= 15 is 0 Å². The summed E-state index contributed by atoms with van der Waals surface area (Å²) in [6.45, 7) is 2.23. The highest BCUT2D eigenvalue weighted by atomic mass is 35.5. The van der Waals surface area contributed by atoms with Gasteiger partial charge in [-0.2, -0.15) is 0 Å². The number of benzene rings is 3. The smallest absolute Gasteiger partial charge is 0.262 e. The number of rotatable bonds is 5. The first kappa shape index (κ1) is 23.8. The minimum atomic E-state index is -0.257. The molecule has 5 aromatic rings. The molecular weight excluding hydrogens is 521 g/mol. The van der Waals surface area contributed by atoms with Gasteiger partial charge < -0.3 is 4.90 Å². The third-order valence-electron chi connectivity index (χ3n) is 5.82. The van der Waals surface area contributed by atoms with Gasteiger partial charge in [0.25, 0.3) is 5.56 Å². The molecule has 0 spiro atoms. The largest absolute Gasteiger partial charge is 0.311 e. The van der Waals surface area contributed by atoms with Crippen LogP contribution in [0.3, 0.4) is 0 Å². The van der Waals surface area contributed by atoms with Crippen molar-refractivity contribution in [1.29, 1.82) is 0 Å². The van der Waals surface area contributed by atoms with Gasteiger partial charge in [-0.3, -0.25) is 18.6 Å². The van der Waals surface area contributed by atoms with Gasteiger partial charge in [-0.05, 0) is 61.1 Å². The molecule has 5 rings (SSSR count). The van der Waals surface area contributed by atoms with Crippen LogP contribution in [0.15, 0.2) is 77.6 Å². The van der Waals surface area contributed by atoms with Crippen molar-refractivity contribution < 1.29 is 4.79 Å². The molecule has 2 heterocycles. The van der Waals surface area contributed by atoms with E-state index < -0.39 is 0 Å². The van der Waals surface area contributed by atoms with Gasteiger partial charge in [0.1, 0.15) is 12.2 Å². The maximum absolute atomic E-state index is 13.7. The lowest BCUT2D eigenvalue weighted by molar-refractivity contribution is -0.119. The summed E-state index contributed by atoms with van der Waals surface area (Å²) >= 11 is 19.6. The SMILES string of the molecule is CCN(C(=O)Cn1c(=O)c2ccccc2n2c(=S)sc(-c3ccc(Cl)c(Cl)c3)c12)c1ccccc1. The second-order valence-electron chi connectivity index (χ2n) is 7.87. The molecule has 0 fully saturated rings. The van der Waals surface area contributed by atoms with Gasteiger partial charge in [0.15, 0.2) is 3.95 Å². The number of hydrogen-bond donors (Lipinski definition) is 0. The van der Waals surface area contributed by atoms with E-state index in [1.165, 1.54) is 15.9 Å². The Morgan fingerprint density at radius 2 is 1.71 bits per heavy atom. The van der Waals surface area contributed by atoms with Gasteiger partial charge in [0, 0.05) is 12.2 Å². The molecule has 0 radical (unpaired) electrons. The van der Waals surface area contributed by atoms with E-state index in [-0.39, 0.29) is 18.0 Å². The molecule has 0 unspecified atom stereocenters. The Bertz CT molecular complexity index is 1710. The highest BCUT2D eigenvalue weighted by Crippen LogP contribution is 2.36. The zero-order valence-corrected chi connectivity index (χ0v) is 21.7. The predicted molar refractivity (Wildman–Crippen MR) is 148 cm³/mol. The average molecular weight is 540 g/mol. The maximum Gasteiger partial charge on any atom is 0.262 e. The van der Waals surface area contributed by atoms with Crippen LogP contribution in [0.5, 0.6) is 0 Å². The van der Waals surface area contributed by atoms with E-state index in [9.17, 15) is 9.59 Å². The molecule has 176 valence electrons. The third kappa shape index (κ3) is 4.19. The van der Waals surface area contributed by atoms with Crippen LogP contribution in [0.4, 0.5) is 5.69 Å². The van der Waals surface area contributed by atoms with Gasteiger partial charge in [-0.1, -0.05) is 59.6 Å². The number of fused-ring (bicyclic) bond motifs is 3. The fourth-order valence-electron chi connectivity index (χ4n) is 4.22. The van der Waals surface area contributed by atoms with Crippen LogP contribution < -0.4 is 10.5 Å². The molecule has 3 aromatic carbocycles. The van der Waals surface area contributed by atoms with Gasteiger partial charge in [-0.15, -0.1) is 11.3 Å². The second kappa shape index (κ2) is 9.59.